The normalized spacial score (nSPS) is 17.1. The van der Waals surface area contributed by atoms with Gasteiger partial charge in [0.25, 0.3) is 0 Å². The summed E-state index contributed by atoms with van der Waals surface area (Å²) in [7, 11) is -1.33. The van der Waals surface area contributed by atoms with Gasteiger partial charge in [-0.1, -0.05) is 6.92 Å². The molecule has 2 rings (SSSR count). The van der Waals surface area contributed by atoms with Gasteiger partial charge in [-0.3, -0.25) is 4.79 Å². The zero-order valence-electron chi connectivity index (χ0n) is 10.8. The van der Waals surface area contributed by atoms with Crippen LogP contribution in [0.15, 0.2) is 12.1 Å². The molecule has 1 aliphatic rings. The van der Waals surface area contributed by atoms with Gasteiger partial charge in [0.15, 0.2) is 0 Å². The Morgan fingerprint density at radius 1 is 1.50 bits per heavy atom. The molecule has 20 heavy (non-hydrogen) atoms. The van der Waals surface area contributed by atoms with Crippen LogP contribution in [0, 0.1) is 0 Å². The van der Waals surface area contributed by atoms with Crippen LogP contribution in [-0.2, 0) is 11.2 Å². The molecule has 1 amide bonds. The summed E-state index contributed by atoms with van der Waals surface area (Å²) in [6, 6.07) is 2.41. The van der Waals surface area contributed by atoms with Crippen molar-refractivity contribution < 1.29 is 29.5 Å². The minimum atomic E-state index is -1.33. The standard InChI is InChI=1S/C12H14BNO6/c1-2-10(16)14-9-4-6-3-7(15)5-8(12(17)18)11(6)20-13(9)19/h3,5,9,15,19H,2,4H2,1H3,(H,14,16)(H,17,18)/t9-/m0/s1. The Morgan fingerprint density at radius 2 is 2.20 bits per heavy atom. The first-order chi connectivity index (χ1) is 9.42. The molecule has 1 aromatic carbocycles. The lowest BCUT2D eigenvalue weighted by molar-refractivity contribution is -0.121. The van der Waals surface area contributed by atoms with Crippen LogP contribution in [0.25, 0.3) is 0 Å². The number of hydrogen-bond donors (Lipinski definition) is 4. The van der Waals surface area contributed by atoms with Gasteiger partial charge < -0.3 is 25.2 Å². The Morgan fingerprint density at radius 3 is 2.80 bits per heavy atom. The fourth-order valence-electron chi connectivity index (χ4n) is 2.09. The number of aromatic carboxylic acids is 1. The van der Waals surface area contributed by atoms with Gasteiger partial charge in [0.05, 0.1) is 5.94 Å². The van der Waals surface area contributed by atoms with Crippen LogP contribution >= 0.6 is 0 Å². The number of aromatic hydroxyl groups is 1. The molecule has 1 aliphatic heterocycles. The Hall–Kier alpha value is -2.22. The molecule has 0 radical (unpaired) electrons. The highest BCUT2D eigenvalue weighted by Gasteiger charge is 2.37. The molecule has 8 heteroatoms. The highest BCUT2D eigenvalue weighted by Crippen LogP contribution is 2.33. The number of carbonyl (C=O) groups excluding carboxylic acids is 1. The predicted molar refractivity (Wildman–Crippen MR) is 69.6 cm³/mol. The summed E-state index contributed by atoms with van der Waals surface area (Å²) < 4.78 is 5.19. The number of nitrogens with one attached hydrogen (secondary N) is 1. The minimum absolute atomic E-state index is 0.0183. The summed E-state index contributed by atoms with van der Waals surface area (Å²) in [5, 5.41) is 31.0. The maximum atomic E-state index is 11.4. The predicted octanol–water partition coefficient (Wildman–Crippen LogP) is -0.0602. The summed E-state index contributed by atoms with van der Waals surface area (Å²) in [6.45, 7) is 1.67. The monoisotopic (exact) mass is 279 g/mol. The van der Waals surface area contributed by atoms with E-state index in [1.165, 1.54) is 6.07 Å². The molecule has 0 fully saturated rings. The van der Waals surface area contributed by atoms with E-state index in [2.05, 4.69) is 5.32 Å². The summed E-state index contributed by atoms with van der Waals surface area (Å²) >= 11 is 0. The van der Waals surface area contributed by atoms with E-state index in [1.807, 2.05) is 0 Å². The van der Waals surface area contributed by atoms with E-state index in [9.17, 15) is 19.7 Å². The molecular formula is C12H14BNO6. The molecule has 0 saturated heterocycles. The van der Waals surface area contributed by atoms with Crippen LogP contribution in [0.3, 0.4) is 0 Å². The van der Waals surface area contributed by atoms with Crippen LogP contribution in [0.2, 0.25) is 0 Å². The molecule has 0 unspecified atom stereocenters. The number of benzene rings is 1. The third-order valence-corrected chi connectivity index (χ3v) is 3.07. The van der Waals surface area contributed by atoms with Crippen LogP contribution in [0.4, 0.5) is 0 Å². The number of hydrogen-bond acceptors (Lipinski definition) is 5. The van der Waals surface area contributed by atoms with E-state index in [-0.39, 0.29) is 35.8 Å². The largest absolute Gasteiger partial charge is 0.547 e. The van der Waals surface area contributed by atoms with E-state index in [0.29, 0.717) is 5.56 Å². The van der Waals surface area contributed by atoms with E-state index < -0.39 is 19.0 Å². The van der Waals surface area contributed by atoms with Crippen molar-refractivity contribution in [1.82, 2.24) is 5.32 Å². The lowest BCUT2D eigenvalue weighted by atomic mass is 9.72. The summed E-state index contributed by atoms with van der Waals surface area (Å²) in [4.78, 5) is 22.5. The van der Waals surface area contributed by atoms with E-state index in [1.54, 1.807) is 6.92 Å². The fourth-order valence-corrected chi connectivity index (χ4v) is 2.09. The first kappa shape index (κ1) is 14.2. The first-order valence-corrected chi connectivity index (χ1v) is 6.15. The van der Waals surface area contributed by atoms with Crippen LogP contribution in [0.1, 0.15) is 29.3 Å². The number of phenolic OH excluding ortho intramolecular Hbond substituents is 1. The number of rotatable bonds is 3. The summed E-state index contributed by atoms with van der Waals surface area (Å²) in [5.74, 6) is -2.38. The molecule has 106 valence electrons. The van der Waals surface area contributed by atoms with Crippen molar-refractivity contribution in [2.75, 3.05) is 0 Å². The van der Waals surface area contributed by atoms with Crippen molar-refractivity contribution >= 4 is 19.0 Å². The van der Waals surface area contributed by atoms with E-state index in [4.69, 9.17) is 9.76 Å². The van der Waals surface area contributed by atoms with Crippen molar-refractivity contribution in [2.24, 2.45) is 0 Å². The molecule has 0 spiro atoms. The van der Waals surface area contributed by atoms with Gasteiger partial charge in [0, 0.05) is 6.42 Å². The van der Waals surface area contributed by atoms with E-state index in [0.717, 1.165) is 6.07 Å². The maximum absolute atomic E-state index is 11.4. The third kappa shape index (κ3) is 2.69. The number of phenols is 1. The van der Waals surface area contributed by atoms with Crippen molar-refractivity contribution in [2.45, 2.75) is 25.7 Å². The lowest BCUT2D eigenvalue weighted by Gasteiger charge is -2.29. The Kier molecular flexibility index (Phi) is 3.85. The third-order valence-electron chi connectivity index (χ3n) is 3.07. The Bertz CT molecular complexity index is 561. The average Bonchev–Trinajstić information content (AvgIpc) is 2.39. The highest BCUT2D eigenvalue weighted by atomic mass is 16.5. The zero-order valence-corrected chi connectivity index (χ0v) is 10.8. The maximum Gasteiger partial charge on any atom is 0.547 e. The van der Waals surface area contributed by atoms with Gasteiger partial charge in [-0.05, 0) is 24.1 Å². The minimum Gasteiger partial charge on any atom is -0.534 e. The van der Waals surface area contributed by atoms with Gasteiger partial charge in [-0.25, -0.2) is 4.79 Å². The van der Waals surface area contributed by atoms with E-state index >= 15 is 0 Å². The molecular weight excluding hydrogens is 265 g/mol. The Labute approximate surface area is 115 Å². The molecule has 0 aliphatic carbocycles. The molecule has 0 bridgehead atoms. The molecule has 0 aromatic heterocycles. The summed E-state index contributed by atoms with van der Waals surface area (Å²) in [6.07, 6.45) is 0.438. The number of amides is 1. The van der Waals surface area contributed by atoms with Crippen molar-refractivity contribution in [3.8, 4) is 11.5 Å². The smallest absolute Gasteiger partial charge is 0.534 e. The average molecular weight is 279 g/mol. The van der Waals surface area contributed by atoms with Crippen LogP contribution in [-0.4, -0.2) is 40.2 Å². The number of carboxylic acids is 1. The van der Waals surface area contributed by atoms with Crippen molar-refractivity contribution in [3.63, 3.8) is 0 Å². The van der Waals surface area contributed by atoms with Crippen molar-refractivity contribution in [3.05, 3.63) is 23.3 Å². The van der Waals surface area contributed by atoms with Gasteiger partial charge in [-0.15, -0.1) is 0 Å². The van der Waals surface area contributed by atoms with Gasteiger partial charge >= 0.3 is 13.1 Å². The molecule has 7 nitrogen and oxygen atoms in total. The SMILES string of the molecule is CCC(=O)N[C@H]1Cc2cc(O)cc(C(=O)O)c2OB1O. The fraction of sp³-hybridized carbons (Fsp3) is 0.333. The molecule has 1 atom stereocenters. The van der Waals surface area contributed by atoms with Crippen molar-refractivity contribution in [1.29, 1.82) is 0 Å². The number of carbonyl (C=O) groups is 2. The lowest BCUT2D eigenvalue weighted by Crippen LogP contribution is -2.53. The molecule has 4 N–H and O–H groups in total. The zero-order chi connectivity index (χ0) is 14.9. The first-order valence-electron chi connectivity index (χ1n) is 6.15. The highest BCUT2D eigenvalue weighted by molar-refractivity contribution is 6.47. The van der Waals surface area contributed by atoms with Crippen LogP contribution in [0.5, 0.6) is 11.5 Å². The second-order valence-corrected chi connectivity index (χ2v) is 4.53. The number of fused-ring (bicyclic) bond motifs is 1. The number of carboxylic acid groups (broad SMARTS) is 1. The van der Waals surface area contributed by atoms with Gasteiger partial charge in [-0.2, -0.15) is 0 Å². The Balaban J connectivity index is 2.34. The topological polar surface area (TPSA) is 116 Å². The molecule has 0 saturated carbocycles. The second kappa shape index (κ2) is 5.42. The summed E-state index contributed by atoms with van der Waals surface area (Å²) in [5.41, 5.74) is 0.202. The quantitative estimate of drug-likeness (QED) is 0.576. The second-order valence-electron chi connectivity index (χ2n) is 4.53. The van der Waals surface area contributed by atoms with Crippen LogP contribution < -0.4 is 9.97 Å². The van der Waals surface area contributed by atoms with Gasteiger partial charge in [0.1, 0.15) is 17.1 Å². The molecule has 1 aromatic rings. The molecule has 1 heterocycles. The van der Waals surface area contributed by atoms with Gasteiger partial charge in [0.2, 0.25) is 5.91 Å².